The molecule has 3 aromatic rings. The fraction of sp³-hybridized carbons (Fsp3) is 0.450. The van der Waals surface area contributed by atoms with Gasteiger partial charge in [0.2, 0.25) is 0 Å². The van der Waals surface area contributed by atoms with Gasteiger partial charge in [0.05, 0.1) is 5.69 Å². The van der Waals surface area contributed by atoms with Crippen molar-refractivity contribution in [2.45, 2.75) is 45.6 Å². The van der Waals surface area contributed by atoms with Gasteiger partial charge in [-0.1, -0.05) is 12.1 Å². The van der Waals surface area contributed by atoms with E-state index in [1.807, 2.05) is 40.7 Å². The molecule has 1 fully saturated rings. The molecule has 29 heavy (non-hydrogen) atoms. The van der Waals surface area contributed by atoms with E-state index in [9.17, 15) is 4.79 Å². The van der Waals surface area contributed by atoms with Crippen LogP contribution < -0.4 is 5.32 Å². The van der Waals surface area contributed by atoms with Gasteiger partial charge >= 0.3 is 6.03 Å². The molecule has 0 aliphatic carbocycles. The minimum atomic E-state index is -0.120. The first-order chi connectivity index (χ1) is 14.0. The number of anilines is 1. The zero-order valence-corrected chi connectivity index (χ0v) is 17.0. The van der Waals surface area contributed by atoms with E-state index in [0.29, 0.717) is 6.54 Å². The number of benzene rings is 1. The number of carbonyl (C=O) groups excluding carboxylic acids is 1. The van der Waals surface area contributed by atoms with E-state index in [1.165, 1.54) is 0 Å². The highest BCUT2D eigenvalue weighted by atomic mass is 16.2. The molecule has 4 rings (SSSR count). The van der Waals surface area contributed by atoms with E-state index in [0.717, 1.165) is 48.1 Å². The summed E-state index contributed by atoms with van der Waals surface area (Å²) in [5.41, 5.74) is 1.58. The van der Waals surface area contributed by atoms with Crippen LogP contribution >= 0.6 is 0 Å². The number of H-pyrrole nitrogens is 1. The zero-order chi connectivity index (χ0) is 20.4. The van der Waals surface area contributed by atoms with Crippen molar-refractivity contribution >= 4 is 11.7 Å². The standard InChI is InChI=1S/C20H26N8O/c1-13(2)28-12-21-26-19(28)16-8-4-5-9-17(16)23-20(29)27-10-6-7-15(11-27)18-22-14(3)24-25-18/h4-5,8-9,12-13,15H,6-7,10-11H2,1-3H3,(H,23,29)(H,22,24,25)/t15-/m0/s1. The molecule has 0 saturated carbocycles. The molecule has 0 bridgehead atoms. The Kier molecular flexibility index (Phi) is 5.28. The van der Waals surface area contributed by atoms with Crippen molar-refractivity contribution < 1.29 is 4.79 Å². The molecule has 0 unspecified atom stereocenters. The lowest BCUT2D eigenvalue weighted by atomic mass is 9.97. The third-order valence-corrected chi connectivity index (χ3v) is 5.23. The first-order valence-electron chi connectivity index (χ1n) is 9.96. The van der Waals surface area contributed by atoms with Crippen LogP contribution in [0.4, 0.5) is 10.5 Å². The van der Waals surface area contributed by atoms with Crippen LogP contribution in [0.3, 0.4) is 0 Å². The smallest absolute Gasteiger partial charge is 0.321 e. The van der Waals surface area contributed by atoms with Crippen LogP contribution in [-0.4, -0.2) is 54.0 Å². The highest BCUT2D eigenvalue weighted by molar-refractivity contribution is 5.93. The first-order valence-corrected chi connectivity index (χ1v) is 9.96. The molecule has 1 aliphatic heterocycles. The Labute approximate surface area is 169 Å². The number of amides is 2. The molecule has 1 saturated heterocycles. The Balaban J connectivity index is 1.52. The maximum atomic E-state index is 13.0. The van der Waals surface area contributed by atoms with E-state index in [-0.39, 0.29) is 18.0 Å². The summed E-state index contributed by atoms with van der Waals surface area (Å²) in [5, 5.41) is 18.6. The number of nitrogens with zero attached hydrogens (tertiary/aromatic N) is 6. The first kappa shape index (κ1) is 19.1. The summed E-state index contributed by atoms with van der Waals surface area (Å²) in [5.74, 6) is 2.47. The maximum absolute atomic E-state index is 13.0. The number of rotatable bonds is 4. The minimum absolute atomic E-state index is 0.120. The number of para-hydroxylation sites is 1. The number of aryl methyl sites for hydroxylation is 1. The molecule has 9 nitrogen and oxygen atoms in total. The van der Waals surface area contributed by atoms with Crippen LogP contribution in [0.2, 0.25) is 0 Å². The number of aromatic nitrogens is 6. The predicted molar refractivity (Wildman–Crippen MR) is 110 cm³/mol. The van der Waals surface area contributed by atoms with Crippen molar-refractivity contribution in [2.24, 2.45) is 0 Å². The summed E-state index contributed by atoms with van der Waals surface area (Å²) in [4.78, 5) is 19.3. The summed E-state index contributed by atoms with van der Waals surface area (Å²) in [6.45, 7) is 7.36. The quantitative estimate of drug-likeness (QED) is 0.706. The average Bonchev–Trinajstić information content (AvgIpc) is 3.38. The molecule has 9 heteroatoms. The van der Waals surface area contributed by atoms with E-state index < -0.39 is 0 Å². The topological polar surface area (TPSA) is 105 Å². The predicted octanol–water partition coefficient (Wildman–Crippen LogP) is 3.36. The van der Waals surface area contributed by atoms with Crippen molar-refractivity contribution in [3.8, 4) is 11.4 Å². The second-order valence-electron chi connectivity index (χ2n) is 7.70. The molecule has 3 heterocycles. The molecule has 2 N–H and O–H groups in total. The summed E-state index contributed by atoms with van der Waals surface area (Å²) >= 11 is 0. The van der Waals surface area contributed by atoms with Gasteiger partial charge in [-0.2, -0.15) is 5.10 Å². The molecule has 1 atom stereocenters. The minimum Gasteiger partial charge on any atom is -0.324 e. The van der Waals surface area contributed by atoms with Crippen LogP contribution in [0.5, 0.6) is 0 Å². The Morgan fingerprint density at radius 1 is 1.31 bits per heavy atom. The molecule has 1 aliphatic rings. The van der Waals surface area contributed by atoms with Gasteiger partial charge in [0.1, 0.15) is 12.2 Å². The second kappa shape index (κ2) is 8.02. The number of urea groups is 1. The number of piperidine rings is 1. The summed E-state index contributed by atoms with van der Waals surface area (Å²) in [7, 11) is 0. The Bertz CT molecular complexity index is 992. The van der Waals surface area contributed by atoms with E-state index in [4.69, 9.17) is 0 Å². The summed E-state index contributed by atoms with van der Waals surface area (Å²) < 4.78 is 1.99. The SMILES string of the molecule is Cc1nc([C@H]2CCCN(C(=O)Nc3ccccc3-c3nncn3C(C)C)C2)n[nH]1. The van der Waals surface area contributed by atoms with Crippen molar-refractivity contribution in [3.63, 3.8) is 0 Å². The lowest BCUT2D eigenvalue weighted by Gasteiger charge is -2.31. The van der Waals surface area contributed by atoms with Gasteiger partial charge in [-0.25, -0.2) is 9.78 Å². The van der Waals surface area contributed by atoms with E-state index in [1.54, 1.807) is 6.33 Å². The van der Waals surface area contributed by atoms with Crippen LogP contribution in [0.15, 0.2) is 30.6 Å². The number of likely N-dealkylation sites (tertiary alicyclic amines) is 1. The number of nitrogens with one attached hydrogen (secondary N) is 2. The Morgan fingerprint density at radius 3 is 2.90 bits per heavy atom. The molecule has 1 aromatic carbocycles. The fourth-order valence-electron chi connectivity index (χ4n) is 3.71. The van der Waals surface area contributed by atoms with Crippen molar-refractivity contribution in [1.82, 2.24) is 34.8 Å². The van der Waals surface area contributed by atoms with Gasteiger partial charge < -0.3 is 14.8 Å². The largest absolute Gasteiger partial charge is 0.324 e. The molecule has 152 valence electrons. The van der Waals surface area contributed by atoms with Gasteiger partial charge in [0.15, 0.2) is 11.6 Å². The van der Waals surface area contributed by atoms with Crippen LogP contribution in [-0.2, 0) is 0 Å². The van der Waals surface area contributed by atoms with E-state index in [2.05, 4.69) is 44.5 Å². The number of carbonyl (C=O) groups is 1. The third kappa shape index (κ3) is 3.98. The number of hydrogen-bond donors (Lipinski definition) is 2. The molecule has 0 spiro atoms. The lowest BCUT2D eigenvalue weighted by Crippen LogP contribution is -2.42. The Hall–Kier alpha value is -3.23. The van der Waals surface area contributed by atoms with Gasteiger partial charge in [-0.3, -0.25) is 5.10 Å². The maximum Gasteiger partial charge on any atom is 0.321 e. The van der Waals surface area contributed by atoms with Gasteiger partial charge in [0, 0.05) is 30.6 Å². The van der Waals surface area contributed by atoms with Gasteiger partial charge in [0.25, 0.3) is 0 Å². The summed E-state index contributed by atoms with van der Waals surface area (Å²) in [6, 6.07) is 7.79. The lowest BCUT2D eigenvalue weighted by molar-refractivity contribution is 0.191. The summed E-state index contributed by atoms with van der Waals surface area (Å²) in [6.07, 6.45) is 3.62. The number of aromatic amines is 1. The molecule has 2 amide bonds. The van der Waals surface area contributed by atoms with Crippen LogP contribution in [0, 0.1) is 6.92 Å². The highest BCUT2D eigenvalue weighted by Crippen LogP contribution is 2.29. The number of hydrogen-bond acceptors (Lipinski definition) is 5. The Morgan fingerprint density at radius 2 is 2.14 bits per heavy atom. The zero-order valence-electron chi connectivity index (χ0n) is 17.0. The molecular weight excluding hydrogens is 368 g/mol. The molecule has 2 aromatic heterocycles. The fourth-order valence-corrected chi connectivity index (χ4v) is 3.71. The monoisotopic (exact) mass is 394 g/mol. The van der Waals surface area contributed by atoms with Gasteiger partial charge in [-0.05, 0) is 45.7 Å². The van der Waals surface area contributed by atoms with Gasteiger partial charge in [-0.15, -0.1) is 10.2 Å². The third-order valence-electron chi connectivity index (χ3n) is 5.23. The van der Waals surface area contributed by atoms with Crippen LogP contribution in [0.25, 0.3) is 11.4 Å². The average molecular weight is 394 g/mol. The second-order valence-corrected chi connectivity index (χ2v) is 7.70. The van der Waals surface area contributed by atoms with Crippen molar-refractivity contribution in [2.75, 3.05) is 18.4 Å². The molecular formula is C20H26N8O. The van der Waals surface area contributed by atoms with Crippen molar-refractivity contribution in [3.05, 3.63) is 42.2 Å². The van der Waals surface area contributed by atoms with Crippen molar-refractivity contribution in [1.29, 1.82) is 0 Å². The van der Waals surface area contributed by atoms with Crippen LogP contribution in [0.1, 0.15) is 50.3 Å². The molecule has 0 radical (unpaired) electrons. The highest BCUT2D eigenvalue weighted by Gasteiger charge is 2.27. The van der Waals surface area contributed by atoms with E-state index >= 15 is 0 Å². The normalized spacial score (nSPS) is 17.0.